The first kappa shape index (κ1) is 29.8. The lowest BCUT2D eigenvalue weighted by molar-refractivity contribution is -0.144. The van der Waals surface area contributed by atoms with Crippen molar-refractivity contribution in [1.82, 2.24) is 16.0 Å². The Morgan fingerprint density at radius 1 is 0.727 bits per heavy atom. The molecule has 5 amide bonds. The standard InChI is InChI=1S/C20H36N6O7/c1-5-9(3)15(23)18(30)24-11(7-13(21)27)17(29)26-16(10(4)6-2)19(31)25-12(20(32)33)8-14(22)28/h9-12,15-16H,5-8,23H2,1-4H3,(H2,21,27)(H2,22,28)(H,24,30)(H,25,31)(H,26,29)(H,32,33). The average molecular weight is 473 g/mol. The summed E-state index contributed by atoms with van der Waals surface area (Å²) in [5, 5.41) is 16.2. The SMILES string of the molecule is CCC(C)C(N)C(=O)NC(CC(N)=O)C(=O)NC(C(=O)NC(CC(N)=O)C(=O)O)C(C)CC. The quantitative estimate of drug-likeness (QED) is 0.136. The molecule has 0 aromatic carbocycles. The number of primary amides is 2. The van der Waals surface area contributed by atoms with Crippen LogP contribution in [0.2, 0.25) is 0 Å². The normalized spacial score (nSPS) is 16.3. The summed E-state index contributed by atoms with van der Waals surface area (Å²) in [6, 6.07) is -5.15. The van der Waals surface area contributed by atoms with Gasteiger partial charge in [0, 0.05) is 0 Å². The molecule has 0 fully saturated rings. The molecule has 13 heteroatoms. The van der Waals surface area contributed by atoms with Gasteiger partial charge in [-0.3, -0.25) is 24.0 Å². The fourth-order valence-corrected chi connectivity index (χ4v) is 2.81. The van der Waals surface area contributed by atoms with E-state index in [1.807, 2.05) is 6.92 Å². The number of aliphatic carboxylic acids is 1. The molecule has 0 radical (unpaired) electrons. The number of carboxylic acid groups (broad SMARTS) is 1. The van der Waals surface area contributed by atoms with Crippen molar-refractivity contribution in [2.45, 2.75) is 77.5 Å². The zero-order valence-corrected chi connectivity index (χ0v) is 19.4. The predicted octanol–water partition coefficient (Wildman–Crippen LogP) is -2.30. The Morgan fingerprint density at radius 2 is 1.18 bits per heavy atom. The molecule has 0 aromatic rings. The Hall–Kier alpha value is -3.22. The van der Waals surface area contributed by atoms with Gasteiger partial charge in [0.05, 0.1) is 18.9 Å². The van der Waals surface area contributed by atoms with Gasteiger partial charge >= 0.3 is 5.97 Å². The molecule has 33 heavy (non-hydrogen) atoms. The minimum atomic E-state index is -1.59. The van der Waals surface area contributed by atoms with Crippen LogP contribution >= 0.6 is 0 Å². The Bertz CT molecular complexity index is 744. The van der Waals surface area contributed by atoms with Crippen LogP contribution in [0.4, 0.5) is 0 Å². The largest absolute Gasteiger partial charge is 0.480 e. The number of carbonyl (C=O) groups is 6. The van der Waals surface area contributed by atoms with Crippen molar-refractivity contribution < 1.29 is 33.9 Å². The van der Waals surface area contributed by atoms with Gasteiger partial charge in [0.1, 0.15) is 18.1 Å². The summed E-state index contributed by atoms with van der Waals surface area (Å²) < 4.78 is 0. The molecule has 10 N–H and O–H groups in total. The molecule has 13 nitrogen and oxygen atoms in total. The van der Waals surface area contributed by atoms with Crippen molar-refractivity contribution in [2.24, 2.45) is 29.0 Å². The van der Waals surface area contributed by atoms with Crippen LogP contribution in [-0.2, 0) is 28.8 Å². The second kappa shape index (κ2) is 14.0. The molecule has 0 aromatic heterocycles. The fourth-order valence-electron chi connectivity index (χ4n) is 2.81. The lowest BCUT2D eigenvalue weighted by atomic mass is 9.96. The van der Waals surface area contributed by atoms with Gasteiger partial charge in [-0.2, -0.15) is 0 Å². The molecule has 188 valence electrons. The third kappa shape index (κ3) is 10.3. The van der Waals surface area contributed by atoms with E-state index < -0.39 is 78.4 Å². The number of nitrogens with one attached hydrogen (secondary N) is 3. The van der Waals surface area contributed by atoms with E-state index in [-0.39, 0.29) is 5.92 Å². The van der Waals surface area contributed by atoms with Gasteiger partial charge in [-0.15, -0.1) is 0 Å². The molecular weight excluding hydrogens is 436 g/mol. The van der Waals surface area contributed by atoms with Gasteiger partial charge in [0.15, 0.2) is 0 Å². The number of carboxylic acids is 1. The highest BCUT2D eigenvalue weighted by atomic mass is 16.4. The molecule has 0 saturated carbocycles. The molecule has 0 rings (SSSR count). The van der Waals surface area contributed by atoms with Crippen LogP contribution in [0.25, 0.3) is 0 Å². The molecule has 6 unspecified atom stereocenters. The van der Waals surface area contributed by atoms with Crippen molar-refractivity contribution in [3.8, 4) is 0 Å². The second-order valence-corrected chi connectivity index (χ2v) is 8.08. The van der Waals surface area contributed by atoms with Crippen LogP contribution in [0.5, 0.6) is 0 Å². The Morgan fingerprint density at radius 3 is 1.61 bits per heavy atom. The minimum absolute atomic E-state index is 0.195. The van der Waals surface area contributed by atoms with Crippen LogP contribution in [0.3, 0.4) is 0 Å². The molecule has 6 atom stereocenters. The number of hydrogen-bond acceptors (Lipinski definition) is 7. The van der Waals surface area contributed by atoms with E-state index >= 15 is 0 Å². The molecular formula is C20H36N6O7. The molecule has 0 aliphatic rings. The van der Waals surface area contributed by atoms with E-state index in [4.69, 9.17) is 17.2 Å². The topological polar surface area (TPSA) is 237 Å². The van der Waals surface area contributed by atoms with Crippen LogP contribution < -0.4 is 33.2 Å². The van der Waals surface area contributed by atoms with Gasteiger partial charge in [0.2, 0.25) is 29.5 Å². The third-order valence-electron chi connectivity index (χ3n) is 5.41. The fraction of sp³-hybridized carbons (Fsp3) is 0.700. The van der Waals surface area contributed by atoms with Crippen molar-refractivity contribution in [3.63, 3.8) is 0 Å². The molecule has 0 bridgehead atoms. The van der Waals surface area contributed by atoms with Crippen LogP contribution in [0.15, 0.2) is 0 Å². The molecule has 0 aliphatic carbocycles. The zero-order valence-electron chi connectivity index (χ0n) is 19.4. The third-order valence-corrected chi connectivity index (χ3v) is 5.41. The summed E-state index contributed by atoms with van der Waals surface area (Å²) >= 11 is 0. The number of hydrogen-bond donors (Lipinski definition) is 7. The predicted molar refractivity (Wildman–Crippen MR) is 118 cm³/mol. The van der Waals surface area contributed by atoms with Gasteiger partial charge < -0.3 is 38.3 Å². The van der Waals surface area contributed by atoms with E-state index in [1.54, 1.807) is 20.8 Å². The van der Waals surface area contributed by atoms with Crippen molar-refractivity contribution >= 4 is 35.5 Å². The number of amides is 5. The highest BCUT2D eigenvalue weighted by Gasteiger charge is 2.34. The van der Waals surface area contributed by atoms with Crippen LogP contribution in [0, 0.1) is 11.8 Å². The summed E-state index contributed by atoms with van der Waals surface area (Å²) in [6.45, 7) is 6.96. The lowest BCUT2D eigenvalue weighted by Crippen LogP contribution is -2.59. The maximum atomic E-state index is 12.9. The molecule has 0 saturated heterocycles. The van der Waals surface area contributed by atoms with E-state index in [2.05, 4.69) is 16.0 Å². The molecule has 0 aliphatic heterocycles. The number of nitrogens with two attached hydrogens (primary N) is 3. The Kier molecular flexibility index (Phi) is 12.7. The first-order valence-corrected chi connectivity index (χ1v) is 10.7. The van der Waals surface area contributed by atoms with Crippen molar-refractivity contribution in [1.29, 1.82) is 0 Å². The maximum Gasteiger partial charge on any atom is 0.326 e. The lowest BCUT2D eigenvalue weighted by Gasteiger charge is -2.28. The summed E-state index contributed by atoms with van der Waals surface area (Å²) in [6.07, 6.45) is -0.166. The Labute approximate surface area is 192 Å². The van der Waals surface area contributed by atoms with Gasteiger partial charge in [0.25, 0.3) is 0 Å². The molecule has 0 spiro atoms. The highest BCUT2D eigenvalue weighted by Crippen LogP contribution is 2.11. The summed E-state index contributed by atoms with van der Waals surface area (Å²) in [4.78, 5) is 71.9. The van der Waals surface area contributed by atoms with Crippen LogP contribution in [-0.4, -0.2) is 64.8 Å². The van der Waals surface area contributed by atoms with E-state index in [9.17, 15) is 33.9 Å². The zero-order chi connectivity index (χ0) is 25.9. The van der Waals surface area contributed by atoms with E-state index in [1.165, 1.54) is 0 Å². The average Bonchev–Trinajstić information content (AvgIpc) is 2.73. The first-order valence-electron chi connectivity index (χ1n) is 10.7. The van der Waals surface area contributed by atoms with Crippen molar-refractivity contribution in [2.75, 3.05) is 0 Å². The van der Waals surface area contributed by atoms with Crippen LogP contribution in [0.1, 0.15) is 53.4 Å². The smallest absolute Gasteiger partial charge is 0.326 e. The number of carbonyl (C=O) groups excluding carboxylic acids is 5. The second-order valence-electron chi connectivity index (χ2n) is 8.08. The summed E-state index contributed by atoms with van der Waals surface area (Å²) in [5.41, 5.74) is 16.1. The van der Waals surface area contributed by atoms with E-state index in [0.29, 0.717) is 12.8 Å². The van der Waals surface area contributed by atoms with Crippen molar-refractivity contribution in [3.05, 3.63) is 0 Å². The summed E-state index contributed by atoms with van der Waals surface area (Å²) in [7, 11) is 0. The minimum Gasteiger partial charge on any atom is -0.480 e. The van der Waals surface area contributed by atoms with E-state index in [0.717, 1.165) is 0 Å². The maximum absolute atomic E-state index is 12.9. The summed E-state index contributed by atoms with van der Waals surface area (Å²) in [5.74, 6) is -6.36. The van der Waals surface area contributed by atoms with Gasteiger partial charge in [-0.25, -0.2) is 4.79 Å². The molecule has 0 heterocycles. The highest BCUT2D eigenvalue weighted by molar-refractivity contribution is 5.96. The van der Waals surface area contributed by atoms with Gasteiger partial charge in [-0.05, 0) is 11.8 Å². The Balaban J connectivity index is 5.64. The number of rotatable bonds is 15. The monoisotopic (exact) mass is 472 g/mol. The first-order chi connectivity index (χ1) is 15.2. The van der Waals surface area contributed by atoms with Gasteiger partial charge in [-0.1, -0.05) is 40.5 Å².